The first-order valence-corrected chi connectivity index (χ1v) is 6.99. The number of rotatable bonds is 2. The number of alkyl halides is 3. The van der Waals surface area contributed by atoms with Gasteiger partial charge in [0.15, 0.2) is 6.29 Å². The van der Waals surface area contributed by atoms with E-state index < -0.39 is 11.7 Å². The summed E-state index contributed by atoms with van der Waals surface area (Å²) in [4.78, 5) is 15.4. The van der Waals surface area contributed by atoms with E-state index in [9.17, 15) is 18.0 Å². The summed E-state index contributed by atoms with van der Waals surface area (Å²) in [6, 6.07) is 9.83. The van der Waals surface area contributed by atoms with Crippen LogP contribution >= 0.6 is 11.6 Å². The average molecular weight is 336 g/mol. The molecule has 2 nitrogen and oxygen atoms in total. The first-order chi connectivity index (χ1) is 10.9. The minimum Gasteiger partial charge on any atom is -0.296 e. The molecule has 1 aliphatic heterocycles. The Morgan fingerprint density at radius 3 is 2.57 bits per heavy atom. The van der Waals surface area contributed by atoms with Gasteiger partial charge in [-0.15, -0.1) is 0 Å². The van der Waals surface area contributed by atoms with Crippen molar-refractivity contribution in [3.63, 3.8) is 0 Å². The van der Waals surface area contributed by atoms with Crippen molar-refractivity contribution in [2.24, 2.45) is 4.99 Å². The quantitative estimate of drug-likeness (QED) is 0.695. The molecular formula is C17H9ClF3NO. The highest BCUT2D eigenvalue weighted by molar-refractivity contribution is 6.53. The van der Waals surface area contributed by atoms with E-state index in [0.29, 0.717) is 33.7 Å². The van der Waals surface area contributed by atoms with Crippen molar-refractivity contribution in [2.75, 3.05) is 0 Å². The Bertz CT molecular complexity index is 853. The third kappa shape index (κ3) is 3.05. The van der Waals surface area contributed by atoms with Crippen LogP contribution in [0.2, 0.25) is 5.02 Å². The van der Waals surface area contributed by atoms with Gasteiger partial charge in [0.05, 0.1) is 11.3 Å². The van der Waals surface area contributed by atoms with Crippen LogP contribution in [-0.2, 0) is 11.0 Å². The van der Waals surface area contributed by atoms with E-state index in [2.05, 4.69) is 4.99 Å². The first kappa shape index (κ1) is 15.5. The first-order valence-electron chi connectivity index (χ1n) is 6.61. The van der Waals surface area contributed by atoms with Gasteiger partial charge in [0.25, 0.3) is 0 Å². The molecule has 0 N–H and O–H groups in total. The molecule has 116 valence electrons. The highest BCUT2D eigenvalue weighted by Gasteiger charge is 2.30. The van der Waals surface area contributed by atoms with E-state index in [4.69, 9.17) is 11.6 Å². The van der Waals surface area contributed by atoms with E-state index in [1.165, 1.54) is 12.1 Å². The Balaban J connectivity index is 2.10. The molecule has 0 saturated heterocycles. The summed E-state index contributed by atoms with van der Waals surface area (Å²) in [5.41, 5.74) is 1.43. The van der Waals surface area contributed by atoms with Gasteiger partial charge in [0, 0.05) is 16.2 Å². The molecule has 0 saturated carbocycles. The number of carbonyl (C=O) groups excluding carboxylic acids is 1. The number of fused-ring (bicyclic) bond motifs is 1. The van der Waals surface area contributed by atoms with Gasteiger partial charge in [-0.3, -0.25) is 4.79 Å². The fraction of sp³-hybridized carbons (Fsp3) is 0.0588. The van der Waals surface area contributed by atoms with Crippen LogP contribution < -0.4 is 0 Å². The van der Waals surface area contributed by atoms with Gasteiger partial charge in [-0.1, -0.05) is 29.8 Å². The predicted octanol–water partition coefficient (Wildman–Crippen LogP) is 5.18. The van der Waals surface area contributed by atoms with E-state index in [1.54, 1.807) is 24.3 Å². The summed E-state index contributed by atoms with van der Waals surface area (Å²) in [6.45, 7) is 0. The zero-order valence-corrected chi connectivity index (χ0v) is 12.3. The molecule has 6 heteroatoms. The molecule has 1 aliphatic rings. The van der Waals surface area contributed by atoms with Gasteiger partial charge in [-0.2, -0.15) is 13.2 Å². The fourth-order valence-electron chi connectivity index (χ4n) is 2.37. The van der Waals surface area contributed by atoms with Gasteiger partial charge in [-0.05, 0) is 35.9 Å². The van der Waals surface area contributed by atoms with Crippen LogP contribution in [0.1, 0.15) is 16.7 Å². The topological polar surface area (TPSA) is 29.4 Å². The number of allylic oxidation sites excluding steroid dienone is 1. The average Bonchev–Trinajstić information content (AvgIpc) is 2.83. The molecule has 0 spiro atoms. The number of carbonyl (C=O) groups is 1. The zero-order chi connectivity index (χ0) is 16.6. The Kier molecular flexibility index (Phi) is 3.82. The largest absolute Gasteiger partial charge is 0.416 e. The number of aliphatic imine (C=N–C) groups is 1. The summed E-state index contributed by atoms with van der Waals surface area (Å²) in [7, 11) is 0. The summed E-state index contributed by atoms with van der Waals surface area (Å²) in [6.07, 6.45) is -2.33. The molecule has 0 atom stereocenters. The molecule has 0 fully saturated rings. The number of hydrogen-bond donors (Lipinski definition) is 0. The summed E-state index contributed by atoms with van der Waals surface area (Å²) < 4.78 is 38.4. The smallest absolute Gasteiger partial charge is 0.296 e. The lowest BCUT2D eigenvalue weighted by Gasteiger charge is -2.07. The maximum atomic E-state index is 12.8. The zero-order valence-electron chi connectivity index (χ0n) is 11.6. The number of aldehydes is 1. The van der Waals surface area contributed by atoms with Crippen LogP contribution in [0, 0.1) is 0 Å². The Morgan fingerprint density at radius 1 is 1.09 bits per heavy atom. The number of nitrogens with zero attached hydrogens (tertiary/aromatic N) is 1. The lowest BCUT2D eigenvalue weighted by molar-refractivity contribution is -0.137. The fourth-order valence-corrected chi connectivity index (χ4v) is 2.53. The summed E-state index contributed by atoms with van der Waals surface area (Å²) in [5.74, 6) is 0. The third-order valence-corrected chi connectivity index (χ3v) is 3.64. The SMILES string of the molecule is O=CC1=Nc2cc(Cl)ccc2C1=Cc1cccc(C(F)(F)F)c1. The lowest BCUT2D eigenvalue weighted by atomic mass is 9.99. The van der Waals surface area contributed by atoms with Crippen molar-refractivity contribution in [3.05, 3.63) is 64.2 Å². The molecule has 2 aromatic carbocycles. The van der Waals surface area contributed by atoms with Crippen molar-refractivity contribution >= 4 is 40.9 Å². The molecule has 0 bridgehead atoms. The normalized spacial score (nSPS) is 15.5. The van der Waals surface area contributed by atoms with Crippen molar-refractivity contribution in [3.8, 4) is 0 Å². The maximum Gasteiger partial charge on any atom is 0.416 e. The van der Waals surface area contributed by atoms with Crippen LogP contribution in [-0.4, -0.2) is 12.0 Å². The summed E-state index contributed by atoms with van der Waals surface area (Å²) in [5, 5.41) is 0.470. The van der Waals surface area contributed by atoms with Crippen LogP contribution in [0.5, 0.6) is 0 Å². The van der Waals surface area contributed by atoms with Crippen molar-refractivity contribution in [1.82, 2.24) is 0 Å². The molecule has 0 aliphatic carbocycles. The van der Waals surface area contributed by atoms with E-state index >= 15 is 0 Å². The highest BCUT2D eigenvalue weighted by Crippen LogP contribution is 2.37. The van der Waals surface area contributed by atoms with Crippen LogP contribution in [0.4, 0.5) is 18.9 Å². The molecule has 0 radical (unpaired) electrons. The maximum absolute atomic E-state index is 12.8. The molecule has 1 heterocycles. The molecule has 0 amide bonds. The Labute approximate surface area is 134 Å². The minimum absolute atomic E-state index is 0.166. The van der Waals surface area contributed by atoms with Crippen molar-refractivity contribution in [2.45, 2.75) is 6.18 Å². The van der Waals surface area contributed by atoms with Crippen LogP contribution in [0.15, 0.2) is 47.5 Å². The van der Waals surface area contributed by atoms with Gasteiger partial charge < -0.3 is 0 Å². The second kappa shape index (κ2) is 5.66. The molecule has 0 unspecified atom stereocenters. The highest BCUT2D eigenvalue weighted by atomic mass is 35.5. The lowest BCUT2D eigenvalue weighted by Crippen LogP contribution is -2.04. The van der Waals surface area contributed by atoms with Gasteiger partial charge in [-0.25, -0.2) is 4.99 Å². The standard InChI is InChI=1S/C17H9ClF3NO/c18-12-4-5-13-14(16(9-23)22-15(13)8-12)7-10-2-1-3-11(6-10)17(19,20)21/h1-9H. The van der Waals surface area contributed by atoms with Crippen molar-refractivity contribution in [1.29, 1.82) is 0 Å². The van der Waals surface area contributed by atoms with Gasteiger partial charge in [0.1, 0.15) is 5.71 Å². The molecular weight excluding hydrogens is 327 g/mol. The minimum atomic E-state index is -4.42. The second-order valence-corrected chi connectivity index (χ2v) is 5.39. The number of benzene rings is 2. The van der Waals surface area contributed by atoms with Gasteiger partial charge >= 0.3 is 6.18 Å². The van der Waals surface area contributed by atoms with Crippen LogP contribution in [0.25, 0.3) is 11.6 Å². The van der Waals surface area contributed by atoms with E-state index in [-0.39, 0.29) is 5.71 Å². The second-order valence-electron chi connectivity index (χ2n) is 4.96. The van der Waals surface area contributed by atoms with Crippen molar-refractivity contribution < 1.29 is 18.0 Å². The molecule has 3 rings (SSSR count). The molecule has 23 heavy (non-hydrogen) atoms. The summed E-state index contributed by atoms with van der Waals surface area (Å²) >= 11 is 5.89. The molecule has 0 aromatic heterocycles. The number of hydrogen-bond acceptors (Lipinski definition) is 2. The Morgan fingerprint density at radius 2 is 1.87 bits per heavy atom. The molecule has 2 aromatic rings. The van der Waals surface area contributed by atoms with Gasteiger partial charge in [0.2, 0.25) is 0 Å². The predicted molar refractivity (Wildman–Crippen MR) is 83.9 cm³/mol. The Hall–Kier alpha value is -2.40. The van der Waals surface area contributed by atoms with E-state index in [1.807, 2.05) is 0 Å². The monoisotopic (exact) mass is 335 g/mol. The van der Waals surface area contributed by atoms with E-state index in [0.717, 1.165) is 12.1 Å². The third-order valence-electron chi connectivity index (χ3n) is 3.40. The number of halogens is 4. The van der Waals surface area contributed by atoms with Crippen LogP contribution in [0.3, 0.4) is 0 Å².